The molecule has 0 saturated carbocycles. The maximum Gasteiger partial charge on any atom is 0.0665 e. The van der Waals surface area contributed by atoms with Gasteiger partial charge in [-0.1, -0.05) is 25.1 Å². The van der Waals surface area contributed by atoms with Gasteiger partial charge in [0.15, 0.2) is 0 Å². The molecule has 0 aliphatic carbocycles. The molecule has 0 amide bonds. The van der Waals surface area contributed by atoms with Crippen molar-refractivity contribution in [2.24, 2.45) is 0 Å². The zero-order valence-corrected chi connectivity index (χ0v) is 11.2. The predicted octanol–water partition coefficient (Wildman–Crippen LogP) is 3.59. The number of hydrogen-bond acceptors (Lipinski definition) is 3. The molecule has 0 radical (unpaired) electrons. The van der Waals surface area contributed by atoms with Crippen LogP contribution in [0.5, 0.6) is 0 Å². The van der Waals surface area contributed by atoms with Crippen molar-refractivity contribution in [3.8, 4) is 0 Å². The molecular weight excluding hydrogens is 230 g/mol. The van der Waals surface area contributed by atoms with Crippen LogP contribution in [0.25, 0.3) is 10.1 Å². The first-order valence-electron chi connectivity index (χ1n) is 6.06. The standard InChI is InChI=1S/C14H19NOS/c1-3-8-15-12(10-16-2)14-9-11-6-4-5-7-13(11)17-14/h4-7,9,12,15H,3,8,10H2,1-2H3. The Hall–Kier alpha value is -0.900. The molecule has 0 aliphatic rings. The van der Waals surface area contributed by atoms with Crippen LogP contribution in [0.3, 0.4) is 0 Å². The first-order chi connectivity index (χ1) is 8.35. The Morgan fingerprint density at radius 1 is 1.35 bits per heavy atom. The average molecular weight is 249 g/mol. The molecule has 3 heteroatoms. The summed E-state index contributed by atoms with van der Waals surface area (Å²) in [6, 6.07) is 11.1. The Morgan fingerprint density at radius 3 is 2.88 bits per heavy atom. The van der Waals surface area contributed by atoms with Crippen molar-refractivity contribution in [3.05, 3.63) is 35.2 Å². The summed E-state index contributed by atoms with van der Waals surface area (Å²) in [6.45, 7) is 3.94. The number of methoxy groups -OCH3 is 1. The number of hydrogen-bond donors (Lipinski definition) is 1. The second-order valence-corrected chi connectivity index (χ2v) is 5.26. The molecule has 1 aromatic carbocycles. The second kappa shape index (κ2) is 6.15. The molecule has 1 aromatic heterocycles. The molecule has 1 atom stereocenters. The molecule has 0 aliphatic heterocycles. The predicted molar refractivity (Wildman–Crippen MR) is 74.7 cm³/mol. The van der Waals surface area contributed by atoms with E-state index in [0.717, 1.165) is 19.6 Å². The number of benzene rings is 1. The van der Waals surface area contributed by atoms with Crippen molar-refractivity contribution >= 4 is 21.4 Å². The van der Waals surface area contributed by atoms with Gasteiger partial charge in [-0.15, -0.1) is 11.3 Å². The molecule has 92 valence electrons. The quantitative estimate of drug-likeness (QED) is 0.844. The van der Waals surface area contributed by atoms with Crippen molar-refractivity contribution in [1.82, 2.24) is 5.32 Å². The van der Waals surface area contributed by atoms with Crippen LogP contribution in [-0.4, -0.2) is 20.3 Å². The van der Waals surface area contributed by atoms with Gasteiger partial charge in [-0.2, -0.15) is 0 Å². The van der Waals surface area contributed by atoms with Gasteiger partial charge in [0.25, 0.3) is 0 Å². The van der Waals surface area contributed by atoms with Crippen LogP contribution >= 0.6 is 11.3 Å². The molecule has 0 saturated heterocycles. The molecule has 1 heterocycles. The van der Waals surface area contributed by atoms with Crippen LogP contribution in [0.15, 0.2) is 30.3 Å². The van der Waals surface area contributed by atoms with E-state index in [0.29, 0.717) is 6.04 Å². The monoisotopic (exact) mass is 249 g/mol. The topological polar surface area (TPSA) is 21.3 Å². The van der Waals surface area contributed by atoms with E-state index in [4.69, 9.17) is 4.74 Å². The molecular formula is C14H19NOS. The number of fused-ring (bicyclic) bond motifs is 1. The lowest BCUT2D eigenvalue weighted by molar-refractivity contribution is 0.168. The normalized spacial score (nSPS) is 13.1. The van der Waals surface area contributed by atoms with Gasteiger partial charge in [0.1, 0.15) is 0 Å². The van der Waals surface area contributed by atoms with Crippen molar-refractivity contribution in [2.45, 2.75) is 19.4 Å². The molecule has 0 spiro atoms. The Kier molecular flexibility index (Phi) is 4.54. The summed E-state index contributed by atoms with van der Waals surface area (Å²) in [5, 5.41) is 4.86. The first-order valence-corrected chi connectivity index (χ1v) is 6.87. The van der Waals surface area contributed by atoms with Gasteiger partial charge < -0.3 is 10.1 Å². The van der Waals surface area contributed by atoms with E-state index in [1.807, 2.05) is 11.3 Å². The Bertz CT molecular complexity index is 433. The van der Waals surface area contributed by atoms with Gasteiger partial charge in [0, 0.05) is 16.7 Å². The molecule has 1 unspecified atom stereocenters. The Morgan fingerprint density at radius 2 is 2.18 bits per heavy atom. The second-order valence-electron chi connectivity index (χ2n) is 4.15. The van der Waals surface area contributed by atoms with E-state index in [1.54, 1.807) is 7.11 Å². The molecule has 2 nitrogen and oxygen atoms in total. The van der Waals surface area contributed by atoms with Crippen molar-refractivity contribution in [3.63, 3.8) is 0 Å². The maximum atomic E-state index is 5.30. The van der Waals surface area contributed by atoms with Gasteiger partial charge in [0.2, 0.25) is 0 Å². The average Bonchev–Trinajstić information content (AvgIpc) is 2.78. The molecule has 0 fully saturated rings. The molecule has 1 N–H and O–H groups in total. The third-order valence-corrected chi connectivity index (χ3v) is 3.99. The number of nitrogens with one attached hydrogen (secondary N) is 1. The van der Waals surface area contributed by atoms with E-state index in [2.05, 4.69) is 42.6 Å². The van der Waals surface area contributed by atoms with Crippen LogP contribution in [0.1, 0.15) is 24.3 Å². The lowest BCUT2D eigenvalue weighted by Crippen LogP contribution is -2.25. The molecule has 0 bridgehead atoms. The maximum absolute atomic E-state index is 5.30. The summed E-state index contributed by atoms with van der Waals surface area (Å²) in [6.07, 6.45) is 1.14. The van der Waals surface area contributed by atoms with Crippen molar-refractivity contribution in [1.29, 1.82) is 0 Å². The third-order valence-electron chi connectivity index (χ3n) is 2.76. The van der Waals surface area contributed by atoms with Gasteiger partial charge >= 0.3 is 0 Å². The zero-order chi connectivity index (χ0) is 12.1. The first kappa shape index (κ1) is 12.6. The van der Waals surface area contributed by atoms with Crippen LogP contribution in [-0.2, 0) is 4.74 Å². The minimum absolute atomic E-state index is 0.317. The van der Waals surface area contributed by atoms with Crippen LogP contribution in [0, 0.1) is 0 Å². The minimum atomic E-state index is 0.317. The van der Waals surface area contributed by atoms with Crippen LogP contribution in [0.4, 0.5) is 0 Å². The van der Waals surface area contributed by atoms with Crippen molar-refractivity contribution in [2.75, 3.05) is 20.3 Å². The zero-order valence-electron chi connectivity index (χ0n) is 10.4. The summed E-state index contributed by atoms with van der Waals surface area (Å²) in [7, 11) is 1.76. The summed E-state index contributed by atoms with van der Waals surface area (Å²) in [5.41, 5.74) is 0. The SMILES string of the molecule is CCCNC(COC)c1cc2ccccc2s1. The highest BCUT2D eigenvalue weighted by Gasteiger charge is 2.13. The van der Waals surface area contributed by atoms with Crippen LogP contribution < -0.4 is 5.32 Å². The number of ether oxygens (including phenoxy) is 1. The summed E-state index contributed by atoms with van der Waals surface area (Å²) in [4.78, 5) is 1.36. The Balaban J connectivity index is 2.21. The summed E-state index contributed by atoms with van der Waals surface area (Å²) >= 11 is 1.85. The van der Waals surface area contributed by atoms with E-state index < -0.39 is 0 Å². The summed E-state index contributed by atoms with van der Waals surface area (Å²) < 4.78 is 6.64. The fourth-order valence-corrected chi connectivity index (χ4v) is 3.03. The number of thiophene rings is 1. The van der Waals surface area contributed by atoms with E-state index in [1.165, 1.54) is 15.0 Å². The summed E-state index contributed by atoms with van der Waals surface area (Å²) in [5.74, 6) is 0. The molecule has 2 aromatic rings. The molecule has 17 heavy (non-hydrogen) atoms. The van der Waals surface area contributed by atoms with Gasteiger partial charge in [-0.05, 0) is 30.5 Å². The van der Waals surface area contributed by atoms with Gasteiger partial charge in [-0.3, -0.25) is 0 Å². The van der Waals surface area contributed by atoms with E-state index in [9.17, 15) is 0 Å². The number of rotatable bonds is 6. The Labute approximate surface area is 107 Å². The highest BCUT2D eigenvalue weighted by atomic mass is 32.1. The van der Waals surface area contributed by atoms with E-state index in [-0.39, 0.29) is 0 Å². The highest BCUT2D eigenvalue weighted by Crippen LogP contribution is 2.29. The minimum Gasteiger partial charge on any atom is -0.383 e. The fraction of sp³-hybridized carbons (Fsp3) is 0.429. The van der Waals surface area contributed by atoms with Gasteiger partial charge in [-0.25, -0.2) is 0 Å². The largest absolute Gasteiger partial charge is 0.383 e. The lowest BCUT2D eigenvalue weighted by Gasteiger charge is -2.15. The smallest absolute Gasteiger partial charge is 0.0665 e. The lowest BCUT2D eigenvalue weighted by atomic mass is 10.2. The van der Waals surface area contributed by atoms with Crippen molar-refractivity contribution < 1.29 is 4.74 Å². The third kappa shape index (κ3) is 3.06. The highest BCUT2D eigenvalue weighted by molar-refractivity contribution is 7.19. The van der Waals surface area contributed by atoms with E-state index >= 15 is 0 Å². The van der Waals surface area contributed by atoms with Gasteiger partial charge in [0.05, 0.1) is 12.6 Å². The van der Waals surface area contributed by atoms with Crippen LogP contribution in [0.2, 0.25) is 0 Å². The fourth-order valence-electron chi connectivity index (χ4n) is 1.90. The molecule has 2 rings (SSSR count).